The Hall–Kier alpha value is -0.650. The Bertz CT molecular complexity index is 477. The molecular weight excluding hydrogens is 312 g/mol. The molecule has 1 fully saturated rings. The fourth-order valence-corrected chi connectivity index (χ4v) is 4.93. The first-order valence-corrected chi connectivity index (χ1v) is 10.4. The van der Waals surface area contributed by atoms with Crippen molar-refractivity contribution in [2.75, 3.05) is 12.5 Å². The van der Waals surface area contributed by atoms with Gasteiger partial charge in [-0.3, -0.25) is 4.79 Å². The zero-order chi connectivity index (χ0) is 16.0. The summed E-state index contributed by atoms with van der Waals surface area (Å²) in [5.41, 5.74) is 4.23. The molecular formula is C17H26N2OS2. The predicted molar refractivity (Wildman–Crippen MR) is 98.1 cm³/mol. The van der Waals surface area contributed by atoms with Gasteiger partial charge in [-0.15, -0.1) is 23.5 Å². The minimum Gasteiger partial charge on any atom is -0.268 e. The highest BCUT2D eigenvalue weighted by Crippen LogP contribution is 2.45. The fraction of sp³-hybridized carbons (Fsp3) is 0.588. The van der Waals surface area contributed by atoms with Crippen molar-refractivity contribution in [3.05, 3.63) is 35.9 Å². The Morgan fingerprint density at radius 1 is 1.27 bits per heavy atom. The van der Waals surface area contributed by atoms with Gasteiger partial charge in [0.15, 0.2) is 4.20 Å². The third-order valence-electron chi connectivity index (χ3n) is 4.17. The van der Waals surface area contributed by atoms with Crippen molar-refractivity contribution in [3.63, 3.8) is 0 Å². The zero-order valence-corrected chi connectivity index (χ0v) is 15.3. The third kappa shape index (κ3) is 3.81. The molecule has 0 aromatic heterocycles. The van der Waals surface area contributed by atoms with Gasteiger partial charge in [0.2, 0.25) is 0 Å². The summed E-state index contributed by atoms with van der Waals surface area (Å²) in [6, 6.07) is 9.95. The average Bonchev–Trinajstić information content (AvgIpc) is 2.94. The van der Waals surface area contributed by atoms with Gasteiger partial charge >= 0.3 is 0 Å². The van der Waals surface area contributed by atoms with Crippen LogP contribution in [0.3, 0.4) is 0 Å². The number of carbonyl (C=O) groups is 1. The normalized spacial score (nSPS) is 20.3. The number of nitrogens with zero attached hydrogens (tertiary/aromatic N) is 1. The van der Waals surface area contributed by atoms with Crippen molar-refractivity contribution in [1.29, 1.82) is 0 Å². The van der Waals surface area contributed by atoms with Crippen molar-refractivity contribution < 1.29 is 4.79 Å². The number of rotatable bonds is 7. The summed E-state index contributed by atoms with van der Waals surface area (Å²) in [4.78, 5) is 12.9. The lowest BCUT2D eigenvalue weighted by atomic mass is 10.1. The molecule has 1 N–H and O–H groups in total. The maximum atomic E-state index is 12.9. The smallest absolute Gasteiger partial charge is 0.268 e. The summed E-state index contributed by atoms with van der Waals surface area (Å²) in [5, 5.41) is 1.87. The van der Waals surface area contributed by atoms with E-state index in [2.05, 4.69) is 24.9 Å². The van der Waals surface area contributed by atoms with Gasteiger partial charge in [-0.2, -0.15) is 0 Å². The van der Waals surface area contributed by atoms with Gasteiger partial charge in [-0.05, 0) is 31.1 Å². The number of unbranched alkanes of at least 4 members (excludes halogenated alkanes) is 2. The number of carbonyl (C=O) groups excluding carboxylic acids is 1. The molecule has 1 unspecified atom stereocenters. The molecule has 1 aliphatic heterocycles. The second kappa shape index (κ2) is 8.27. The van der Waals surface area contributed by atoms with Crippen molar-refractivity contribution in [3.8, 4) is 0 Å². The van der Waals surface area contributed by atoms with Crippen LogP contribution in [0.4, 0.5) is 0 Å². The SMILES string of the molecule is CCCCCC1CC(SC)(SC)N(C(=O)c2ccccc2)N1. The largest absolute Gasteiger partial charge is 0.270 e. The van der Waals surface area contributed by atoms with Crippen molar-refractivity contribution in [2.24, 2.45) is 0 Å². The fourth-order valence-electron chi connectivity index (χ4n) is 2.89. The molecule has 122 valence electrons. The lowest BCUT2D eigenvalue weighted by molar-refractivity contribution is 0.0674. The van der Waals surface area contributed by atoms with E-state index in [0.717, 1.165) is 18.4 Å². The van der Waals surface area contributed by atoms with Crippen LogP contribution in [0.25, 0.3) is 0 Å². The van der Waals surface area contributed by atoms with Gasteiger partial charge in [0.1, 0.15) is 0 Å². The lowest BCUT2D eigenvalue weighted by Gasteiger charge is -2.34. The Labute approximate surface area is 142 Å². The second-order valence-corrected chi connectivity index (χ2v) is 8.08. The van der Waals surface area contributed by atoms with Crippen LogP contribution in [0.5, 0.6) is 0 Å². The van der Waals surface area contributed by atoms with Gasteiger partial charge in [0, 0.05) is 18.0 Å². The highest BCUT2D eigenvalue weighted by atomic mass is 32.2. The second-order valence-electron chi connectivity index (χ2n) is 5.65. The van der Waals surface area contributed by atoms with Crippen LogP contribution in [0.15, 0.2) is 30.3 Å². The van der Waals surface area contributed by atoms with Crippen molar-refractivity contribution in [2.45, 2.75) is 49.3 Å². The van der Waals surface area contributed by atoms with E-state index >= 15 is 0 Å². The van der Waals surface area contributed by atoms with E-state index < -0.39 is 0 Å². The molecule has 2 rings (SSSR count). The monoisotopic (exact) mass is 338 g/mol. The maximum Gasteiger partial charge on any atom is 0.270 e. The summed E-state index contributed by atoms with van der Waals surface area (Å²) < 4.78 is -0.205. The van der Waals surface area contributed by atoms with E-state index in [1.807, 2.05) is 35.3 Å². The highest BCUT2D eigenvalue weighted by molar-refractivity contribution is 8.17. The molecule has 5 heteroatoms. The molecule has 1 aromatic rings. The average molecular weight is 339 g/mol. The molecule has 0 bridgehead atoms. The number of nitrogens with one attached hydrogen (secondary N) is 1. The standard InChI is InChI=1S/C17H26N2OS2/c1-4-5-7-12-15-13-17(21-2,22-3)19(18-15)16(20)14-10-8-6-9-11-14/h6,8-11,15,18H,4-5,7,12-13H2,1-3H3. The predicted octanol–water partition coefficient (Wildman–Crippen LogP) is 4.37. The molecule has 22 heavy (non-hydrogen) atoms. The van der Waals surface area contributed by atoms with E-state index in [0.29, 0.717) is 6.04 Å². The molecule has 1 aromatic carbocycles. The van der Waals surface area contributed by atoms with E-state index in [-0.39, 0.29) is 10.1 Å². The van der Waals surface area contributed by atoms with Gasteiger partial charge in [0.25, 0.3) is 5.91 Å². The van der Waals surface area contributed by atoms with E-state index in [1.54, 1.807) is 23.5 Å². The first-order chi connectivity index (χ1) is 10.7. The Kier molecular flexibility index (Phi) is 6.66. The summed E-state index contributed by atoms with van der Waals surface area (Å²) in [6.07, 6.45) is 10.0. The Balaban J connectivity index is 2.14. The first-order valence-electron chi connectivity index (χ1n) is 7.93. The highest BCUT2D eigenvalue weighted by Gasteiger charge is 2.47. The molecule has 0 radical (unpaired) electrons. The summed E-state index contributed by atoms with van der Waals surface area (Å²) in [7, 11) is 0. The van der Waals surface area contributed by atoms with E-state index in [9.17, 15) is 4.79 Å². The van der Waals surface area contributed by atoms with Crippen LogP contribution in [-0.4, -0.2) is 33.7 Å². The number of hydrazine groups is 1. The number of thioether (sulfide) groups is 2. The molecule has 1 aliphatic rings. The van der Waals surface area contributed by atoms with E-state index in [1.165, 1.54) is 19.3 Å². The zero-order valence-electron chi connectivity index (χ0n) is 13.7. The van der Waals surface area contributed by atoms with Crippen LogP contribution in [-0.2, 0) is 0 Å². The molecule has 1 atom stereocenters. The van der Waals surface area contributed by atoms with Gasteiger partial charge in [0.05, 0.1) is 0 Å². The van der Waals surface area contributed by atoms with Gasteiger partial charge in [-0.1, -0.05) is 44.4 Å². The summed E-state index contributed by atoms with van der Waals surface area (Å²) >= 11 is 3.52. The lowest BCUT2D eigenvalue weighted by Crippen LogP contribution is -2.48. The Morgan fingerprint density at radius 3 is 2.55 bits per heavy atom. The molecule has 0 spiro atoms. The third-order valence-corrected chi connectivity index (χ3v) is 7.15. The molecule has 0 saturated carbocycles. The van der Waals surface area contributed by atoms with E-state index in [4.69, 9.17) is 0 Å². The molecule has 3 nitrogen and oxygen atoms in total. The number of hydrogen-bond acceptors (Lipinski definition) is 4. The molecule has 0 aliphatic carbocycles. The summed E-state index contributed by atoms with van der Waals surface area (Å²) in [6.45, 7) is 2.22. The van der Waals surface area contributed by atoms with Crippen LogP contribution in [0.2, 0.25) is 0 Å². The number of benzene rings is 1. The van der Waals surface area contributed by atoms with Crippen molar-refractivity contribution in [1.82, 2.24) is 10.4 Å². The summed E-state index contributed by atoms with van der Waals surface area (Å²) in [5.74, 6) is 0.0716. The molecule has 1 saturated heterocycles. The Morgan fingerprint density at radius 2 is 1.95 bits per heavy atom. The quantitative estimate of drug-likeness (QED) is 0.591. The van der Waals surface area contributed by atoms with Crippen LogP contribution >= 0.6 is 23.5 Å². The molecule has 1 amide bonds. The van der Waals surface area contributed by atoms with Crippen LogP contribution < -0.4 is 5.43 Å². The van der Waals surface area contributed by atoms with Gasteiger partial charge < -0.3 is 0 Å². The minimum absolute atomic E-state index is 0.0716. The maximum absolute atomic E-state index is 12.9. The minimum atomic E-state index is -0.205. The number of amides is 1. The van der Waals surface area contributed by atoms with Crippen LogP contribution in [0, 0.1) is 0 Å². The molecule has 1 heterocycles. The first kappa shape index (κ1) is 17.7. The van der Waals surface area contributed by atoms with Crippen LogP contribution in [0.1, 0.15) is 49.4 Å². The topological polar surface area (TPSA) is 32.3 Å². The van der Waals surface area contributed by atoms with Crippen molar-refractivity contribution >= 4 is 29.4 Å². The number of hydrogen-bond donors (Lipinski definition) is 1. The van der Waals surface area contributed by atoms with Gasteiger partial charge in [-0.25, -0.2) is 10.4 Å².